The summed E-state index contributed by atoms with van der Waals surface area (Å²) in [7, 11) is 0. The van der Waals surface area contributed by atoms with Gasteiger partial charge in [-0.3, -0.25) is 0 Å². The van der Waals surface area contributed by atoms with Gasteiger partial charge in [0.05, 0.1) is 0 Å². The van der Waals surface area contributed by atoms with Crippen molar-refractivity contribution < 1.29 is 0 Å². The van der Waals surface area contributed by atoms with Gasteiger partial charge in [0, 0.05) is 16.8 Å². The Hall–Kier alpha value is -1.87. The molecular weight excluding hydrogens is 276 g/mol. The summed E-state index contributed by atoms with van der Waals surface area (Å²) < 4.78 is 0. The predicted molar refractivity (Wildman–Crippen MR) is 94.8 cm³/mol. The molecule has 3 N–H and O–H groups in total. The number of aryl methyl sites for hydroxylation is 1. The molecule has 110 valence electrons. The number of nitrogens with one attached hydrogen (secondary N) is 1. The van der Waals surface area contributed by atoms with Crippen molar-refractivity contribution >= 4 is 22.9 Å². The Labute approximate surface area is 132 Å². The van der Waals surface area contributed by atoms with Crippen LogP contribution in [0, 0.1) is 0 Å². The third-order valence-corrected chi connectivity index (χ3v) is 3.77. The fourth-order valence-corrected chi connectivity index (χ4v) is 2.41. The van der Waals surface area contributed by atoms with E-state index < -0.39 is 0 Å². The van der Waals surface area contributed by atoms with Gasteiger partial charge in [-0.05, 0) is 56.5 Å². The number of nitrogens with two attached hydrogens (primary N) is 1. The number of thiocarbonyl (C=S) groups is 1. The highest BCUT2D eigenvalue weighted by atomic mass is 32.1. The number of hydrogen-bond acceptors (Lipinski definition) is 2. The van der Waals surface area contributed by atoms with Gasteiger partial charge in [-0.1, -0.05) is 42.5 Å². The summed E-state index contributed by atoms with van der Waals surface area (Å²) in [6.07, 6.45) is 2.12. The summed E-state index contributed by atoms with van der Waals surface area (Å²) in [5.74, 6) is 0. The summed E-state index contributed by atoms with van der Waals surface area (Å²) in [5, 5.41) is 3.57. The average Bonchev–Trinajstić information content (AvgIpc) is 2.46. The number of rotatable bonds is 6. The molecule has 0 spiro atoms. The Morgan fingerprint density at radius 3 is 2.24 bits per heavy atom. The topological polar surface area (TPSA) is 38.0 Å². The van der Waals surface area contributed by atoms with Crippen LogP contribution >= 0.6 is 12.2 Å². The number of anilines is 1. The lowest BCUT2D eigenvalue weighted by Gasteiger charge is -2.28. The first kappa shape index (κ1) is 15.5. The first-order valence-corrected chi connectivity index (χ1v) is 7.59. The van der Waals surface area contributed by atoms with Crippen molar-refractivity contribution in [1.29, 1.82) is 0 Å². The van der Waals surface area contributed by atoms with Crippen LogP contribution in [0.2, 0.25) is 0 Å². The molecule has 0 heterocycles. The van der Waals surface area contributed by atoms with Crippen molar-refractivity contribution in [2.24, 2.45) is 5.73 Å². The Kier molecular flexibility index (Phi) is 4.97. The maximum absolute atomic E-state index is 5.61. The molecule has 0 amide bonds. The lowest BCUT2D eigenvalue weighted by Crippen LogP contribution is -2.31. The molecule has 2 aromatic rings. The average molecular weight is 298 g/mol. The summed E-state index contributed by atoms with van der Waals surface area (Å²) in [4.78, 5) is 0.435. The molecule has 2 aromatic carbocycles. The molecule has 0 fully saturated rings. The van der Waals surface area contributed by atoms with E-state index in [0.29, 0.717) is 4.99 Å². The summed E-state index contributed by atoms with van der Waals surface area (Å²) in [6.45, 7) is 4.44. The number of benzene rings is 2. The van der Waals surface area contributed by atoms with Crippen molar-refractivity contribution in [3.63, 3.8) is 0 Å². The Balaban J connectivity index is 1.95. The van der Waals surface area contributed by atoms with Crippen LogP contribution < -0.4 is 11.1 Å². The molecule has 0 unspecified atom stereocenters. The summed E-state index contributed by atoms with van der Waals surface area (Å²) >= 11 is 4.97. The highest BCUT2D eigenvalue weighted by Gasteiger charge is 2.17. The first-order chi connectivity index (χ1) is 9.96. The van der Waals surface area contributed by atoms with Gasteiger partial charge in [0.25, 0.3) is 0 Å². The second-order valence-electron chi connectivity index (χ2n) is 5.94. The third kappa shape index (κ3) is 4.87. The van der Waals surface area contributed by atoms with Gasteiger partial charge in [0.15, 0.2) is 0 Å². The van der Waals surface area contributed by atoms with Crippen LogP contribution in [0.5, 0.6) is 0 Å². The van der Waals surface area contributed by atoms with Gasteiger partial charge >= 0.3 is 0 Å². The zero-order valence-corrected chi connectivity index (χ0v) is 13.4. The van der Waals surface area contributed by atoms with Crippen molar-refractivity contribution in [2.45, 2.75) is 32.2 Å². The van der Waals surface area contributed by atoms with Crippen molar-refractivity contribution in [2.75, 3.05) is 5.32 Å². The largest absolute Gasteiger partial charge is 0.389 e. The molecule has 0 aliphatic rings. The highest BCUT2D eigenvalue weighted by molar-refractivity contribution is 7.80. The van der Waals surface area contributed by atoms with E-state index in [1.807, 2.05) is 24.3 Å². The van der Waals surface area contributed by atoms with E-state index in [9.17, 15) is 0 Å². The van der Waals surface area contributed by atoms with Crippen molar-refractivity contribution in [3.05, 3.63) is 65.7 Å². The Morgan fingerprint density at radius 2 is 1.67 bits per heavy atom. The minimum atomic E-state index is 0.0284. The van der Waals surface area contributed by atoms with Gasteiger partial charge in [-0.2, -0.15) is 0 Å². The van der Waals surface area contributed by atoms with Crippen LogP contribution in [0.4, 0.5) is 5.69 Å². The smallest absolute Gasteiger partial charge is 0.103 e. The van der Waals surface area contributed by atoms with Gasteiger partial charge in [0.1, 0.15) is 4.99 Å². The van der Waals surface area contributed by atoms with E-state index in [0.717, 1.165) is 24.1 Å². The second-order valence-corrected chi connectivity index (χ2v) is 6.38. The zero-order chi connectivity index (χ0) is 15.3. The summed E-state index contributed by atoms with van der Waals surface area (Å²) in [5.41, 5.74) is 9.01. The fourth-order valence-electron chi connectivity index (χ4n) is 2.27. The van der Waals surface area contributed by atoms with E-state index in [2.05, 4.69) is 49.5 Å². The molecular formula is C18H22N2S. The molecule has 0 atom stereocenters. The monoisotopic (exact) mass is 298 g/mol. The van der Waals surface area contributed by atoms with Crippen LogP contribution in [-0.2, 0) is 6.42 Å². The first-order valence-electron chi connectivity index (χ1n) is 7.18. The predicted octanol–water partition coefficient (Wildman–Crippen LogP) is 4.14. The molecule has 21 heavy (non-hydrogen) atoms. The quantitative estimate of drug-likeness (QED) is 0.787. The molecule has 3 heteroatoms. The maximum Gasteiger partial charge on any atom is 0.103 e. The Morgan fingerprint density at radius 1 is 1.05 bits per heavy atom. The van der Waals surface area contributed by atoms with E-state index in [4.69, 9.17) is 18.0 Å². The normalized spacial score (nSPS) is 11.1. The molecule has 2 rings (SSSR count). The van der Waals surface area contributed by atoms with Crippen molar-refractivity contribution in [1.82, 2.24) is 0 Å². The van der Waals surface area contributed by atoms with E-state index >= 15 is 0 Å². The maximum atomic E-state index is 5.61. The van der Waals surface area contributed by atoms with Crippen molar-refractivity contribution in [3.8, 4) is 0 Å². The lowest BCUT2D eigenvalue weighted by atomic mass is 9.95. The lowest BCUT2D eigenvalue weighted by molar-refractivity contribution is 0.518. The molecule has 0 aromatic heterocycles. The van der Waals surface area contributed by atoms with Crippen LogP contribution in [-0.4, -0.2) is 10.5 Å². The fraction of sp³-hybridized carbons (Fsp3) is 0.278. The van der Waals surface area contributed by atoms with Gasteiger partial charge in [0.2, 0.25) is 0 Å². The van der Waals surface area contributed by atoms with Gasteiger partial charge in [-0.25, -0.2) is 0 Å². The zero-order valence-electron chi connectivity index (χ0n) is 12.6. The second kappa shape index (κ2) is 6.72. The highest BCUT2D eigenvalue weighted by Crippen LogP contribution is 2.20. The summed E-state index contributed by atoms with van der Waals surface area (Å²) in [6, 6.07) is 18.5. The van der Waals surface area contributed by atoms with Crippen LogP contribution in [0.15, 0.2) is 54.6 Å². The third-order valence-electron chi connectivity index (χ3n) is 3.53. The minimum absolute atomic E-state index is 0.0284. The molecule has 0 saturated carbocycles. The van der Waals surface area contributed by atoms with E-state index in [-0.39, 0.29) is 5.54 Å². The van der Waals surface area contributed by atoms with Crippen LogP contribution in [0.25, 0.3) is 0 Å². The van der Waals surface area contributed by atoms with E-state index in [1.54, 1.807) is 0 Å². The van der Waals surface area contributed by atoms with Crippen LogP contribution in [0.1, 0.15) is 31.4 Å². The Bertz CT molecular complexity index is 588. The molecule has 0 radical (unpaired) electrons. The van der Waals surface area contributed by atoms with E-state index in [1.165, 1.54) is 5.56 Å². The molecule has 0 aliphatic heterocycles. The van der Waals surface area contributed by atoms with Gasteiger partial charge < -0.3 is 11.1 Å². The minimum Gasteiger partial charge on any atom is -0.389 e. The number of hydrogen-bond donors (Lipinski definition) is 2. The molecule has 2 nitrogen and oxygen atoms in total. The van der Waals surface area contributed by atoms with Gasteiger partial charge in [-0.15, -0.1) is 0 Å². The molecule has 0 aliphatic carbocycles. The standard InChI is InChI=1S/C18H22N2S/c1-18(2,13-12-14-6-4-3-5-7-14)20-16-10-8-15(9-11-16)17(19)21/h3-11,20H,12-13H2,1-2H3,(H2,19,21). The SMILES string of the molecule is CC(C)(CCc1ccccc1)Nc1ccc(C(N)=S)cc1. The molecule has 0 bridgehead atoms. The molecule has 0 saturated heterocycles. The van der Waals surface area contributed by atoms with Crippen LogP contribution in [0.3, 0.4) is 0 Å².